The lowest BCUT2D eigenvalue weighted by atomic mass is 9.81. The second-order valence-corrected chi connectivity index (χ2v) is 4.63. The number of benzene rings is 1. The fraction of sp³-hybridized carbons (Fsp3) is 0.571. The Kier molecular flexibility index (Phi) is 3.97. The van der Waals surface area contributed by atoms with E-state index < -0.39 is 0 Å². The van der Waals surface area contributed by atoms with Crippen LogP contribution in [-0.4, -0.2) is 18.3 Å². The van der Waals surface area contributed by atoms with E-state index in [9.17, 15) is 5.11 Å². The zero-order valence-electron chi connectivity index (χ0n) is 9.80. The van der Waals surface area contributed by atoms with Crippen LogP contribution in [0.3, 0.4) is 0 Å². The van der Waals surface area contributed by atoms with E-state index >= 15 is 0 Å². The van der Waals surface area contributed by atoms with Crippen molar-refractivity contribution in [3.8, 4) is 0 Å². The highest BCUT2D eigenvalue weighted by atomic mass is 16.5. The van der Waals surface area contributed by atoms with Crippen molar-refractivity contribution in [1.29, 1.82) is 0 Å². The minimum Gasteiger partial charge on any atom is -0.388 e. The summed E-state index contributed by atoms with van der Waals surface area (Å²) in [5, 5.41) is 10.3. The molecule has 2 rings (SSSR count). The van der Waals surface area contributed by atoms with Crippen molar-refractivity contribution in [2.24, 2.45) is 5.92 Å². The zero-order chi connectivity index (χ0) is 11.4. The summed E-state index contributed by atoms with van der Waals surface area (Å²) in [4.78, 5) is 0. The maximum atomic E-state index is 10.3. The Hall–Kier alpha value is -0.860. The number of hydrogen-bond donors (Lipinski definition) is 1. The summed E-state index contributed by atoms with van der Waals surface area (Å²) < 4.78 is 5.34. The molecule has 1 N–H and O–H groups in total. The Bertz CT molecular complexity index is 302. The molecule has 1 atom stereocenters. The number of methoxy groups -OCH3 is 1. The van der Waals surface area contributed by atoms with Gasteiger partial charge in [-0.25, -0.2) is 0 Å². The first-order valence-electron chi connectivity index (χ1n) is 6.07. The molecule has 0 saturated heterocycles. The minimum atomic E-state index is -0.306. The third-order valence-electron chi connectivity index (χ3n) is 3.64. The quantitative estimate of drug-likeness (QED) is 0.848. The van der Waals surface area contributed by atoms with Crippen molar-refractivity contribution in [2.75, 3.05) is 7.11 Å². The van der Waals surface area contributed by atoms with Crippen molar-refractivity contribution >= 4 is 0 Å². The van der Waals surface area contributed by atoms with Crippen LogP contribution in [0.4, 0.5) is 0 Å². The van der Waals surface area contributed by atoms with E-state index in [0.717, 1.165) is 31.2 Å². The normalized spacial score (nSPS) is 27.6. The number of aliphatic hydroxyl groups excluding tert-OH is 1. The van der Waals surface area contributed by atoms with Crippen LogP contribution in [-0.2, 0) is 4.74 Å². The molecule has 1 fully saturated rings. The number of ether oxygens (including phenoxy) is 1. The van der Waals surface area contributed by atoms with Crippen LogP contribution >= 0.6 is 0 Å². The largest absolute Gasteiger partial charge is 0.388 e. The third kappa shape index (κ3) is 2.63. The van der Waals surface area contributed by atoms with E-state index in [1.807, 2.05) is 30.3 Å². The van der Waals surface area contributed by atoms with Gasteiger partial charge in [-0.3, -0.25) is 0 Å². The molecule has 0 amide bonds. The molecule has 0 radical (unpaired) electrons. The molecule has 88 valence electrons. The number of rotatable bonds is 3. The lowest BCUT2D eigenvalue weighted by Gasteiger charge is -2.30. The van der Waals surface area contributed by atoms with Gasteiger partial charge in [0.2, 0.25) is 0 Å². The van der Waals surface area contributed by atoms with E-state index in [2.05, 4.69) is 0 Å². The van der Waals surface area contributed by atoms with Crippen LogP contribution in [0.5, 0.6) is 0 Å². The average molecular weight is 220 g/mol. The maximum absolute atomic E-state index is 10.3. The van der Waals surface area contributed by atoms with Gasteiger partial charge in [-0.15, -0.1) is 0 Å². The van der Waals surface area contributed by atoms with E-state index in [1.165, 1.54) is 0 Å². The van der Waals surface area contributed by atoms with Gasteiger partial charge in [0.1, 0.15) is 0 Å². The minimum absolute atomic E-state index is 0.306. The molecule has 2 heteroatoms. The standard InChI is InChI=1S/C14H20O2/c1-16-13-9-7-12(8-10-13)14(15)11-5-3-2-4-6-11/h2-6,12-15H,7-10H2,1H3. The molecule has 0 aliphatic heterocycles. The lowest BCUT2D eigenvalue weighted by molar-refractivity contribution is 0.0185. The summed E-state index contributed by atoms with van der Waals surface area (Å²) in [5.41, 5.74) is 1.04. The Morgan fingerprint density at radius 2 is 1.75 bits per heavy atom. The van der Waals surface area contributed by atoms with E-state index in [4.69, 9.17) is 4.74 Å². The first-order valence-corrected chi connectivity index (χ1v) is 6.07. The monoisotopic (exact) mass is 220 g/mol. The summed E-state index contributed by atoms with van der Waals surface area (Å²) in [6.45, 7) is 0. The van der Waals surface area contributed by atoms with Gasteiger partial charge in [-0.05, 0) is 37.2 Å². The van der Waals surface area contributed by atoms with Crippen LogP contribution in [0, 0.1) is 5.92 Å². The van der Waals surface area contributed by atoms with Crippen molar-refractivity contribution in [3.63, 3.8) is 0 Å². The molecule has 1 aromatic rings. The predicted octanol–water partition coefficient (Wildman–Crippen LogP) is 2.93. The molecule has 2 nitrogen and oxygen atoms in total. The highest BCUT2D eigenvalue weighted by Gasteiger charge is 2.26. The highest BCUT2D eigenvalue weighted by molar-refractivity contribution is 5.18. The molecule has 0 spiro atoms. The topological polar surface area (TPSA) is 29.5 Å². The molecular formula is C14H20O2. The van der Waals surface area contributed by atoms with E-state index in [1.54, 1.807) is 7.11 Å². The van der Waals surface area contributed by atoms with E-state index in [-0.39, 0.29) is 6.10 Å². The fourth-order valence-electron chi connectivity index (χ4n) is 2.56. The molecule has 0 heterocycles. The fourth-order valence-corrected chi connectivity index (χ4v) is 2.56. The van der Waals surface area contributed by atoms with Crippen LogP contribution < -0.4 is 0 Å². The van der Waals surface area contributed by atoms with Gasteiger partial charge in [-0.1, -0.05) is 30.3 Å². The first kappa shape index (κ1) is 11.6. The Labute approximate surface area is 97.3 Å². The third-order valence-corrected chi connectivity index (χ3v) is 3.64. The Morgan fingerprint density at radius 3 is 2.31 bits per heavy atom. The molecule has 16 heavy (non-hydrogen) atoms. The highest BCUT2D eigenvalue weighted by Crippen LogP contribution is 2.35. The summed E-state index contributed by atoms with van der Waals surface area (Å²) in [6, 6.07) is 9.97. The van der Waals surface area contributed by atoms with Gasteiger partial charge in [-0.2, -0.15) is 0 Å². The molecule has 0 bridgehead atoms. The zero-order valence-corrected chi connectivity index (χ0v) is 9.80. The van der Waals surface area contributed by atoms with Gasteiger partial charge in [0, 0.05) is 7.11 Å². The summed E-state index contributed by atoms with van der Waals surface area (Å²) >= 11 is 0. The molecule has 1 aliphatic carbocycles. The second kappa shape index (κ2) is 5.46. The molecule has 1 aliphatic rings. The van der Waals surface area contributed by atoms with Crippen molar-refractivity contribution in [1.82, 2.24) is 0 Å². The van der Waals surface area contributed by atoms with Crippen molar-refractivity contribution in [3.05, 3.63) is 35.9 Å². The van der Waals surface area contributed by atoms with Gasteiger partial charge >= 0.3 is 0 Å². The van der Waals surface area contributed by atoms with Gasteiger partial charge in [0.05, 0.1) is 12.2 Å². The lowest BCUT2D eigenvalue weighted by Crippen LogP contribution is -2.24. The molecule has 0 aromatic heterocycles. The van der Waals surface area contributed by atoms with E-state index in [0.29, 0.717) is 12.0 Å². The Balaban J connectivity index is 1.94. The van der Waals surface area contributed by atoms with Crippen molar-refractivity contribution in [2.45, 2.75) is 37.9 Å². The maximum Gasteiger partial charge on any atom is 0.0818 e. The van der Waals surface area contributed by atoms with Gasteiger partial charge in [0.25, 0.3) is 0 Å². The summed E-state index contributed by atoms with van der Waals surface area (Å²) in [5.74, 6) is 0.397. The SMILES string of the molecule is COC1CCC(C(O)c2ccccc2)CC1. The first-order chi connectivity index (χ1) is 7.81. The van der Waals surface area contributed by atoms with Crippen LogP contribution in [0.15, 0.2) is 30.3 Å². The van der Waals surface area contributed by atoms with Gasteiger partial charge < -0.3 is 9.84 Å². The van der Waals surface area contributed by atoms with Crippen LogP contribution in [0.1, 0.15) is 37.4 Å². The van der Waals surface area contributed by atoms with Crippen LogP contribution in [0.25, 0.3) is 0 Å². The van der Waals surface area contributed by atoms with Gasteiger partial charge in [0.15, 0.2) is 0 Å². The predicted molar refractivity (Wildman–Crippen MR) is 64.2 cm³/mol. The number of hydrogen-bond acceptors (Lipinski definition) is 2. The summed E-state index contributed by atoms with van der Waals surface area (Å²) in [6.07, 6.45) is 4.37. The average Bonchev–Trinajstić information content (AvgIpc) is 2.39. The van der Waals surface area contributed by atoms with Crippen LogP contribution in [0.2, 0.25) is 0 Å². The molecule has 1 saturated carbocycles. The second-order valence-electron chi connectivity index (χ2n) is 4.63. The molecule has 1 aromatic carbocycles. The summed E-state index contributed by atoms with van der Waals surface area (Å²) in [7, 11) is 1.78. The Morgan fingerprint density at radius 1 is 1.12 bits per heavy atom. The van der Waals surface area contributed by atoms with Crippen molar-refractivity contribution < 1.29 is 9.84 Å². The molecular weight excluding hydrogens is 200 g/mol. The smallest absolute Gasteiger partial charge is 0.0818 e. The molecule has 1 unspecified atom stereocenters. The number of aliphatic hydroxyl groups is 1.